The lowest BCUT2D eigenvalue weighted by atomic mass is 10.2. The summed E-state index contributed by atoms with van der Waals surface area (Å²) in [5.74, 6) is 0.399. The molecule has 8 heteroatoms. The predicted octanol–water partition coefficient (Wildman–Crippen LogP) is 5.11. The molecule has 0 aliphatic heterocycles. The summed E-state index contributed by atoms with van der Waals surface area (Å²) >= 11 is 6.05. The molecular formula is C23H21ClN2O4S. The molecule has 0 bridgehead atoms. The topological polar surface area (TPSA) is 84.5 Å². The minimum atomic E-state index is -3.79. The predicted molar refractivity (Wildman–Crippen MR) is 124 cm³/mol. The van der Waals surface area contributed by atoms with E-state index in [1.54, 1.807) is 43.5 Å². The van der Waals surface area contributed by atoms with Crippen molar-refractivity contribution < 1.29 is 17.9 Å². The summed E-state index contributed by atoms with van der Waals surface area (Å²) in [5.41, 5.74) is 2.55. The van der Waals surface area contributed by atoms with Crippen LogP contribution in [0.5, 0.6) is 5.75 Å². The zero-order chi connectivity index (χ0) is 22.4. The van der Waals surface area contributed by atoms with Gasteiger partial charge in [0, 0.05) is 16.8 Å². The van der Waals surface area contributed by atoms with E-state index in [4.69, 9.17) is 16.3 Å². The highest BCUT2D eigenvalue weighted by Crippen LogP contribution is 2.23. The highest BCUT2D eigenvalue weighted by molar-refractivity contribution is 7.92. The maximum atomic E-state index is 12.6. The minimum absolute atomic E-state index is 0.0657. The molecule has 0 radical (unpaired) electrons. The molecule has 6 nitrogen and oxygen atoms in total. The molecule has 1 amide bonds. The Hall–Kier alpha value is -3.29. The molecule has 3 aromatic carbocycles. The summed E-state index contributed by atoms with van der Waals surface area (Å²) in [6.45, 7) is 1.83. The summed E-state index contributed by atoms with van der Waals surface area (Å²) in [5, 5.41) is 3.17. The first kappa shape index (κ1) is 22.4. The smallest absolute Gasteiger partial charge is 0.261 e. The Kier molecular flexibility index (Phi) is 6.99. The van der Waals surface area contributed by atoms with E-state index >= 15 is 0 Å². The first-order valence-corrected chi connectivity index (χ1v) is 11.1. The first-order chi connectivity index (χ1) is 14.8. The minimum Gasteiger partial charge on any atom is -0.497 e. The monoisotopic (exact) mass is 456 g/mol. The second-order valence-corrected chi connectivity index (χ2v) is 8.78. The third kappa shape index (κ3) is 6.10. The molecule has 0 aliphatic carbocycles. The molecule has 0 aliphatic rings. The standard InChI is InChI=1S/C23H21ClN2O4S/c1-16-3-7-19(15-22(16)24)26-31(28,29)21-12-8-18(9-13-21)25-23(27)14-6-17-4-10-20(30-2)11-5-17/h3-15,26H,1-2H3,(H,25,27)/b14-6+. The number of benzene rings is 3. The van der Waals surface area contributed by atoms with Crippen molar-refractivity contribution in [2.75, 3.05) is 17.1 Å². The van der Waals surface area contributed by atoms with Crippen LogP contribution in [-0.4, -0.2) is 21.4 Å². The highest BCUT2D eigenvalue weighted by Gasteiger charge is 2.14. The Morgan fingerprint density at radius 2 is 1.61 bits per heavy atom. The molecule has 0 aromatic heterocycles. The number of ether oxygens (including phenoxy) is 1. The van der Waals surface area contributed by atoms with Crippen molar-refractivity contribution in [3.8, 4) is 5.75 Å². The van der Waals surface area contributed by atoms with Crippen LogP contribution in [0.25, 0.3) is 6.08 Å². The molecule has 3 aromatic rings. The van der Waals surface area contributed by atoms with E-state index in [2.05, 4.69) is 10.0 Å². The van der Waals surface area contributed by atoms with Crippen LogP contribution < -0.4 is 14.8 Å². The van der Waals surface area contributed by atoms with Gasteiger partial charge in [0.15, 0.2) is 0 Å². The maximum absolute atomic E-state index is 12.6. The lowest BCUT2D eigenvalue weighted by Gasteiger charge is -2.10. The largest absolute Gasteiger partial charge is 0.497 e. The fourth-order valence-corrected chi connectivity index (χ4v) is 3.89. The van der Waals surface area contributed by atoms with Gasteiger partial charge in [0.05, 0.1) is 17.7 Å². The van der Waals surface area contributed by atoms with Gasteiger partial charge >= 0.3 is 0 Å². The molecular weight excluding hydrogens is 436 g/mol. The molecule has 0 saturated heterocycles. The van der Waals surface area contributed by atoms with Crippen molar-refractivity contribution >= 4 is 45.0 Å². The van der Waals surface area contributed by atoms with Crippen molar-refractivity contribution in [3.63, 3.8) is 0 Å². The van der Waals surface area contributed by atoms with Crippen molar-refractivity contribution in [2.45, 2.75) is 11.8 Å². The van der Waals surface area contributed by atoms with Crippen LogP contribution in [0.1, 0.15) is 11.1 Å². The molecule has 2 N–H and O–H groups in total. The van der Waals surface area contributed by atoms with Crippen LogP contribution in [0.3, 0.4) is 0 Å². The van der Waals surface area contributed by atoms with Gasteiger partial charge in [-0.2, -0.15) is 0 Å². The summed E-state index contributed by atoms with van der Waals surface area (Å²) in [4.78, 5) is 12.2. The van der Waals surface area contributed by atoms with E-state index in [1.165, 1.54) is 30.3 Å². The number of nitrogens with one attached hydrogen (secondary N) is 2. The third-order valence-corrected chi connectivity index (χ3v) is 6.20. The average molecular weight is 457 g/mol. The number of sulfonamides is 1. The summed E-state index contributed by atoms with van der Waals surface area (Å²) in [7, 11) is -2.20. The van der Waals surface area contributed by atoms with Crippen LogP contribution >= 0.6 is 11.6 Å². The van der Waals surface area contributed by atoms with Crippen LogP contribution in [-0.2, 0) is 14.8 Å². The average Bonchev–Trinajstić information content (AvgIpc) is 2.75. The molecule has 0 fully saturated rings. The second kappa shape index (κ2) is 9.68. The van der Waals surface area contributed by atoms with E-state index in [9.17, 15) is 13.2 Å². The number of hydrogen-bond donors (Lipinski definition) is 2. The number of anilines is 2. The van der Waals surface area contributed by atoms with E-state index in [-0.39, 0.29) is 10.8 Å². The molecule has 160 valence electrons. The van der Waals surface area contributed by atoms with Gasteiger partial charge in [-0.1, -0.05) is 29.8 Å². The number of methoxy groups -OCH3 is 1. The first-order valence-electron chi connectivity index (χ1n) is 9.29. The number of amides is 1. The molecule has 0 saturated carbocycles. The molecule has 0 atom stereocenters. The van der Waals surface area contributed by atoms with Gasteiger partial charge in [0.2, 0.25) is 5.91 Å². The van der Waals surface area contributed by atoms with E-state index < -0.39 is 10.0 Å². The number of carbonyl (C=O) groups is 1. The molecule has 0 spiro atoms. The summed E-state index contributed by atoms with van der Waals surface area (Å²) < 4.78 is 32.7. The Morgan fingerprint density at radius 1 is 0.968 bits per heavy atom. The van der Waals surface area contributed by atoms with Crippen molar-refractivity contribution in [2.24, 2.45) is 0 Å². The van der Waals surface area contributed by atoms with E-state index in [0.717, 1.165) is 16.9 Å². The SMILES string of the molecule is COc1ccc(/C=C/C(=O)Nc2ccc(S(=O)(=O)Nc3ccc(C)c(Cl)c3)cc2)cc1. The lowest BCUT2D eigenvalue weighted by molar-refractivity contribution is -0.111. The normalized spacial score (nSPS) is 11.3. The Labute approximate surface area is 186 Å². The Bertz CT molecular complexity index is 1210. The van der Waals surface area contributed by atoms with Gasteiger partial charge in [-0.15, -0.1) is 0 Å². The molecule has 0 heterocycles. The molecule has 31 heavy (non-hydrogen) atoms. The maximum Gasteiger partial charge on any atom is 0.261 e. The lowest BCUT2D eigenvalue weighted by Crippen LogP contribution is -2.13. The third-order valence-electron chi connectivity index (χ3n) is 4.40. The number of carbonyl (C=O) groups excluding carboxylic acids is 1. The zero-order valence-corrected chi connectivity index (χ0v) is 18.5. The van der Waals surface area contributed by atoms with E-state index in [1.807, 2.05) is 19.1 Å². The fourth-order valence-electron chi connectivity index (χ4n) is 2.66. The quantitative estimate of drug-likeness (QED) is 0.484. The van der Waals surface area contributed by atoms with Crippen LogP contribution in [0.4, 0.5) is 11.4 Å². The number of hydrogen-bond acceptors (Lipinski definition) is 4. The molecule has 3 rings (SSSR count). The Balaban J connectivity index is 1.63. The van der Waals surface area contributed by atoms with Crippen LogP contribution in [0.15, 0.2) is 77.7 Å². The number of rotatable bonds is 7. The number of halogens is 1. The highest BCUT2D eigenvalue weighted by atomic mass is 35.5. The molecule has 0 unspecified atom stereocenters. The van der Waals surface area contributed by atoms with Gasteiger partial charge in [-0.25, -0.2) is 8.42 Å². The van der Waals surface area contributed by atoms with E-state index in [0.29, 0.717) is 16.4 Å². The van der Waals surface area contributed by atoms with Gasteiger partial charge in [-0.3, -0.25) is 9.52 Å². The van der Waals surface area contributed by atoms with Gasteiger partial charge in [0.25, 0.3) is 10.0 Å². The summed E-state index contributed by atoms with van der Waals surface area (Å²) in [6.07, 6.45) is 3.07. The Morgan fingerprint density at radius 3 is 2.23 bits per heavy atom. The summed E-state index contributed by atoms with van der Waals surface area (Å²) in [6, 6.07) is 18.1. The number of aryl methyl sites for hydroxylation is 1. The van der Waals surface area contributed by atoms with Crippen LogP contribution in [0, 0.1) is 6.92 Å². The van der Waals surface area contributed by atoms with Crippen LogP contribution in [0.2, 0.25) is 5.02 Å². The second-order valence-electron chi connectivity index (χ2n) is 6.69. The van der Waals surface area contributed by atoms with Crippen molar-refractivity contribution in [3.05, 3.63) is 89.0 Å². The van der Waals surface area contributed by atoms with Crippen molar-refractivity contribution in [1.82, 2.24) is 0 Å². The van der Waals surface area contributed by atoms with Gasteiger partial charge < -0.3 is 10.1 Å². The van der Waals surface area contributed by atoms with Gasteiger partial charge in [0.1, 0.15) is 5.75 Å². The van der Waals surface area contributed by atoms with Crippen molar-refractivity contribution in [1.29, 1.82) is 0 Å². The zero-order valence-electron chi connectivity index (χ0n) is 16.9. The van der Waals surface area contributed by atoms with Gasteiger partial charge in [-0.05, 0) is 72.7 Å². The fraction of sp³-hybridized carbons (Fsp3) is 0.0870.